The number of aliphatic hydroxyl groups excluding tert-OH is 5. The van der Waals surface area contributed by atoms with Crippen LogP contribution in [-0.2, 0) is 28.5 Å². The molecule has 306 valence electrons. The first kappa shape index (κ1) is 40.5. The predicted molar refractivity (Wildman–Crippen MR) is 192 cm³/mol. The summed E-state index contributed by atoms with van der Waals surface area (Å²) >= 11 is 0. The van der Waals surface area contributed by atoms with Crippen LogP contribution in [-0.4, -0.2) is 116 Å². The largest absolute Gasteiger partial charge is 0.481 e. The van der Waals surface area contributed by atoms with Crippen molar-refractivity contribution in [2.45, 2.75) is 168 Å². The summed E-state index contributed by atoms with van der Waals surface area (Å²) in [7, 11) is 0. The van der Waals surface area contributed by atoms with Crippen molar-refractivity contribution in [3.05, 3.63) is 11.6 Å². The molecule has 0 radical (unpaired) electrons. The minimum atomic E-state index is -1.61. The maximum Gasteiger partial charge on any atom is 0.314 e. The fraction of sp³-hybridized carbons (Fsp3) is 0.902. The van der Waals surface area contributed by atoms with Gasteiger partial charge in [0.1, 0.15) is 36.6 Å². The first-order valence-corrected chi connectivity index (χ1v) is 20.3. The first-order chi connectivity index (χ1) is 25.2. The smallest absolute Gasteiger partial charge is 0.314 e. The molecule has 0 amide bonds. The second-order valence-corrected chi connectivity index (χ2v) is 19.5. The number of carboxylic acid groups (broad SMARTS) is 2. The molecule has 0 aromatic rings. The van der Waals surface area contributed by atoms with E-state index in [1.165, 1.54) is 0 Å². The van der Waals surface area contributed by atoms with Crippen molar-refractivity contribution in [1.82, 2.24) is 0 Å². The van der Waals surface area contributed by atoms with Gasteiger partial charge in [-0.05, 0) is 111 Å². The Hall–Kier alpha value is -1.68. The molecule has 0 bridgehead atoms. The normalized spacial score (nSPS) is 54.2. The van der Waals surface area contributed by atoms with Crippen molar-refractivity contribution in [1.29, 1.82) is 0 Å². The molecule has 6 unspecified atom stereocenters. The third kappa shape index (κ3) is 5.56. The average Bonchev–Trinajstić information content (AvgIpc) is 3.10. The van der Waals surface area contributed by atoms with Crippen molar-refractivity contribution >= 4 is 11.9 Å². The maximum absolute atomic E-state index is 13.9. The van der Waals surface area contributed by atoms with Crippen molar-refractivity contribution in [3.8, 4) is 0 Å². The zero-order chi connectivity index (χ0) is 39.5. The second-order valence-electron chi connectivity index (χ2n) is 19.5. The molecule has 13 nitrogen and oxygen atoms in total. The van der Waals surface area contributed by atoms with Crippen molar-refractivity contribution < 1.29 is 64.3 Å². The molecule has 2 aliphatic heterocycles. The van der Waals surface area contributed by atoms with E-state index in [2.05, 4.69) is 47.6 Å². The molecule has 4 saturated carbocycles. The van der Waals surface area contributed by atoms with E-state index in [1.807, 2.05) is 0 Å². The van der Waals surface area contributed by atoms with Gasteiger partial charge in [0.2, 0.25) is 0 Å². The SMILES string of the molecule is C[C@H]1[C@H](C)CC[C@]2(C(=O)O)CC[C@]3(C(=O)O)C(=CCC4[C@@]5(C)CC[C@H](O[C@@H]6O[C@H](C)[C@@H](O)[C@H](OC7OCC(O)C(O)C7O)[C@H]6O)C(C)(C)C5CC[C@]43C)[C@H]12. The summed E-state index contributed by atoms with van der Waals surface area (Å²) < 4.78 is 23.9. The standard InChI is InChI=1S/C41H64O13/c1-19-10-15-40(35(47)48)16-17-41(36(49)50)22(27(40)20(19)2)8-9-25-38(6)13-12-26(37(4,5)24(38)11-14-39(25,41)7)53-34-31(46)32(28(43)21(3)52-34)54-33-30(45)29(44)23(42)18-51-33/h8,19-21,23-34,42-46H,9-18H2,1-7H3,(H,47,48)(H,49,50)/t19-,20+,21-,23?,24?,25?,26+,27+,28-,29?,30?,31-,32+,33?,34+,38+,39-,40+,41-/m1/s1. The number of carboxylic acids is 2. The van der Waals surface area contributed by atoms with Crippen LogP contribution in [0.3, 0.4) is 0 Å². The average molecular weight is 765 g/mol. The van der Waals surface area contributed by atoms with Crippen LogP contribution in [0.2, 0.25) is 0 Å². The summed E-state index contributed by atoms with van der Waals surface area (Å²) in [5.74, 6) is -1.39. The lowest BCUT2D eigenvalue weighted by Crippen LogP contribution is -2.68. The van der Waals surface area contributed by atoms with Gasteiger partial charge < -0.3 is 54.7 Å². The van der Waals surface area contributed by atoms with E-state index >= 15 is 0 Å². The summed E-state index contributed by atoms with van der Waals surface area (Å²) in [6.07, 6.45) is -4.46. The number of aliphatic carboxylic acids is 2. The molecular weight excluding hydrogens is 700 g/mol. The number of fused-ring (bicyclic) bond motifs is 7. The van der Waals surface area contributed by atoms with Gasteiger partial charge in [0.15, 0.2) is 12.6 Å². The van der Waals surface area contributed by atoms with Crippen LogP contribution < -0.4 is 0 Å². The van der Waals surface area contributed by atoms with E-state index in [1.54, 1.807) is 6.92 Å². The molecule has 54 heavy (non-hydrogen) atoms. The maximum atomic E-state index is 13.9. The van der Waals surface area contributed by atoms with Crippen LogP contribution in [0.1, 0.15) is 106 Å². The van der Waals surface area contributed by atoms with E-state index in [-0.39, 0.29) is 41.8 Å². The summed E-state index contributed by atoms with van der Waals surface area (Å²) in [5.41, 5.74) is -2.49. The van der Waals surface area contributed by atoms with E-state index in [0.29, 0.717) is 44.4 Å². The lowest BCUT2D eigenvalue weighted by atomic mass is 9.33. The molecule has 13 heteroatoms. The van der Waals surface area contributed by atoms with Gasteiger partial charge in [0, 0.05) is 0 Å². The van der Waals surface area contributed by atoms with Gasteiger partial charge in [-0.3, -0.25) is 9.59 Å². The zero-order valence-corrected chi connectivity index (χ0v) is 32.9. The van der Waals surface area contributed by atoms with Crippen LogP contribution >= 0.6 is 0 Å². The Bertz CT molecular complexity index is 1500. The van der Waals surface area contributed by atoms with Crippen LogP contribution in [0.15, 0.2) is 11.6 Å². The van der Waals surface area contributed by atoms with Gasteiger partial charge in [0.05, 0.1) is 29.6 Å². The van der Waals surface area contributed by atoms with Crippen LogP contribution in [0.5, 0.6) is 0 Å². The number of ether oxygens (including phenoxy) is 4. The predicted octanol–water partition coefficient (Wildman–Crippen LogP) is 3.47. The Morgan fingerprint density at radius 1 is 0.759 bits per heavy atom. The number of hydrogen-bond donors (Lipinski definition) is 7. The molecule has 2 heterocycles. The highest BCUT2D eigenvalue weighted by Crippen LogP contribution is 2.76. The number of carbonyl (C=O) groups is 2. The van der Waals surface area contributed by atoms with Gasteiger partial charge in [-0.1, -0.05) is 53.2 Å². The summed E-state index contributed by atoms with van der Waals surface area (Å²) in [6.45, 7) is 14.5. The summed E-state index contributed by atoms with van der Waals surface area (Å²) in [4.78, 5) is 27.0. The third-order valence-corrected chi connectivity index (χ3v) is 17.0. The highest BCUT2D eigenvalue weighted by molar-refractivity contribution is 5.84. The van der Waals surface area contributed by atoms with E-state index in [0.717, 1.165) is 24.8 Å². The third-order valence-electron chi connectivity index (χ3n) is 17.0. The van der Waals surface area contributed by atoms with Gasteiger partial charge >= 0.3 is 11.9 Å². The highest BCUT2D eigenvalue weighted by atomic mass is 16.7. The van der Waals surface area contributed by atoms with Gasteiger partial charge in [-0.25, -0.2) is 0 Å². The molecule has 7 aliphatic rings. The van der Waals surface area contributed by atoms with Gasteiger partial charge in [-0.2, -0.15) is 0 Å². The Balaban J connectivity index is 1.15. The van der Waals surface area contributed by atoms with Crippen molar-refractivity contribution in [2.24, 2.45) is 56.7 Å². The topological polar surface area (TPSA) is 213 Å². The van der Waals surface area contributed by atoms with E-state index < -0.39 is 88.9 Å². The molecule has 6 fully saturated rings. The highest BCUT2D eigenvalue weighted by Gasteiger charge is 2.73. The number of hydrogen-bond acceptors (Lipinski definition) is 11. The molecule has 2 saturated heterocycles. The van der Waals surface area contributed by atoms with Crippen LogP contribution in [0.25, 0.3) is 0 Å². The van der Waals surface area contributed by atoms with Crippen molar-refractivity contribution in [2.75, 3.05) is 6.61 Å². The Kier molecular flexibility index (Phi) is 10.3. The Morgan fingerprint density at radius 2 is 1.46 bits per heavy atom. The van der Waals surface area contributed by atoms with E-state index in [9.17, 15) is 45.3 Å². The zero-order valence-electron chi connectivity index (χ0n) is 32.9. The van der Waals surface area contributed by atoms with Crippen LogP contribution in [0, 0.1) is 56.7 Å². The Morgan fingerprint density at radius 3 is 2.13 bits per heavy atom. The van der Waals surface area contributed by atoms with Crippen molar-refractivity contribution in [3.63, 3.8) is 0 Å². The van der Waals surface area contributed by atoms with Crippen LogP contribution in [0.4, 0.5) is 0 Å². The molecule has 7 rings (SSSR count). The molecule has 0 aromatic heterocycles. The summed E-state index contributed by atoms with van der Waals surface area (Å²) in [6, 6.07) is 0. The van der Waals surface area contributed by atoms with Gasteiger partial charge in [-0.15, -0.1) is 0 Å². The molecule has 19 atom stereocenters. The molecule has 0 spiro atoms. The fourth-order valence-electron chi connectivity index (χ4n) is 13.7. The van der Waals surface area contributed by atoms with E-state index in [4.69, 9.17) is 18.9 Å². The number of aliphatic hydroxyl groups is 5. The fourth-order valence-corrected chi connectivity index (χ4v) is 13.7. The number of rotatable bonds is 6. The minimum absolute atomic E-state index is 0.0396. The minimum Gasteiger partial charge on any atom is -0.481 e. The monoisotopic (exact) mass is 764 g/mol. The quantitative estimate of drug-likeness (QED) is 0.153. The van der Waals surface area contributed by atoms with Gasteiger partial charge in [0.25, 0.3) is 0 Å². The number of allylic oxidation sites excluding steroid dienone is 1. The lowest BCUT2D eigenvalue weighted by molar-refractivity contribution is -0.358. The molecular formula is C41H64O13. The molecule has 0 aromatic carbocycles. The molecule has 5 aliphatic carbocycles. The second kappa shape index (κ2) is 13.7. The summed E-state index contributed by atoms with van der Waals surface area (Å²) in [5, 5.41) is 75.1. The first-order valence-electron chi connectivity index (χ1n) is 20.3. The Labute approximate surface area is 318 Å². The lowest BCUT2D eigenvalue weighted by Gasteiger charge is -2.70. The molecule has 7 N–H and O–H groups in total.